The molecule has 0 amide bonds. The summed E-state index contributed by atoms with van der Waals surface area (Å²) in [5.41, 5.74) is 0. The number of anilines is 1. The van der Waals surface area contributed by atoms with Crippen molar-refractivity contribution in [3.05, 3.63) is 21.7 Å². The molecule has 20 heavy (non-hydrogen) atoms. The van der Waals surface area contributed by atoms with Crippen molar-refractivity contribution in [2.75, 3.05) is 11.9 Å². The van der Waals surface area contributed by atoms with Crippen molar-refractivity contribution >= 4 is 27.9 Å². The molecule has 0 aromatic carbocycles. The molecule has 0 bridgehead atoms. The Morgan fingerprint density at radius 2 is 2.10 bits per heavy atom. The van der Waals surface area contributed by atoms with Crippen molar-refractivity contribution in [1.82, 2.24) is 9.38 Å². The van der Waals surface area contributed by atoms with Crippen LogP contribution in [-0.4, -0.2) is 20.9 Å². The second-order valence-electron chi connectivity index (χ2n) is 4.79. The highest BCUT2D eigenvalue weighted by Crippen LogP contribution is 2.27. The van der Waals surface area contributed by atoms with Crippen molar-refractivity contribution in [1.29, 1.82) is 0 Å². The van der Waals surface area contributed by atoms with Crippen LogP contribution in [-0.2, 0) is 0 Å². The molecule has 0 radical (unpaired) electrons. The topological polar surface area (TPSA) is 72.5 Å². The molecular weight excluding hydrogens is 276 g/mol. The molecule has 0 atom stereocenters. The smallest absolute Gasteiger partial charge is 0.363 e. The highest BCUT2D eigenvalue weighted by molar-refractivity contribution is 7.15. The summed E-state index contributed by atoms with van der Waals surface area (Å²) in [6, 6.07) is 0. The maximum Gasteiger partial charge on any atom is 0.372 e. The molecule has 0 fully saturated rings. The van der Waals surface area contributed by atoms with Crippen LogP contribution in [0.25, 0.3) is 4.96 Å². The van der Waals surface area contributed by atoms with Gasteiger partial charge in [0.05, 0.1) is 0 Å². The summed E-state index contributed by atoms with van der Waals surface area (Å²) in [5.74, 6) is 0.419. The van der Waals surface area contributed by atoms with Gasteiger partial charge in [-0.1, -0.05) is 50.4 Å². The lowest BCUT2D eigenvalue weighted by molar-refractivity contribution is -0.389. The Hall–Kier alpha value is -1.63. The van der Waals surface area contributed by atoms with E-state index in [1.165, 1.54) is 41.4 Å². The molecule has 0 saturated heterocycles. The fourth-order valence-electron chi connectivity index (χ4n) is 2.18. The second-order valence-corrected chi connectivity index (χ2v) is 5.66. The van der Waals surface area contributed by atoms with Gasteiger partial charge in [0.25, 0.3) is 4.96 Å². The molecule has 0 unspecified atom stereocenters. The van der Waals surface area contributed by atoms with E-state index in [-0.39, 0.29) is 10.7 Å². The van der Waals surface area contributed by atoms with Gasteiger partial charge in [0, 0.05) is 11.9 Å². The lowest BCUT2D eigenvalue weighted by Gasteiger charge is -2.03. The van der Waals surface area contributed by atoms with Crippen LogP contribution >= 0.6 is 11.3 Å². The maximum absolute atomic E-state index is 11.1. The molecular formula is C13H20N4O2S. The lowest BCUT2D eigenvalue weighted by Crippen LogP contribution is -2.04. The van der Waals surface area contributed by atoms with Crippen molar-refractivity contribution in [2.45, 2.75) is 45.4 Å². The largest absolute Gasteiger partial charge is 0.372 e. The number of hydrogen-bond donors (Lipinski definition) is 1. The zero-order valence-electron chi connectivity index (χ0n) is 11.7. The third-order valence-corrected chi connectivity index (χ3v) is 3.99. The molecule has 7 heteroatoms. The van der Waals surface area contributed by atoms with E-state index in [4.69, 9.17) is 0 Å². The summed E-state index contributed by atoms with van der Waals surface area (Å²) in [6.45, 7) is 2.93. The summed E-state index contributed by atoms with van der Waals surface area (Å²) in [7, 11) is 0. The number of fused-ring (bicyclic) bond motifs is 1. The van der Waals surface area contributed by atoms with Crippen LogP contribution in [0, 0.1) is 10.1 Å². The average molecular weight is 296 g/mol. The van der Waals surface area contributed by atoms with Gasteiger partial charge in [0.2, 0.25) is 5.82 Å². The second kappa shape index (κ2) is 7.23. The number of unbranched alkanes of at least 4 members (excludes halogenated alkanes) is 5. The van der Waals surface area contributed by atoms with E-state index in [0.717, 1.165) is 19.4 Å². The molecule has 0 aliphatic carbocycles. The summed E-state index contributed by atoms with van der Waals surface area (Å²) < 4.78 is 1.52. The predicted octanol–water partition coefficient (Wildman–Crippen LogP) is 4.08. The number of nitrogens with one attached hydrogen (secondary N) is 1. The Balaban J connectivity index is 1.85. The Kier molecular flexibility index (Phi) is 5.34. The van der Waals surface area contributed by atoms with Crippen LogP contribution in [0.4, 0.5) is 11.6 Å². The molecule has 2 aromatic heterocycles. The fourth-order valence-corrected chi connectivity index (χ4v) is 2.89. The molecule has 6 nitrogen and oxygen atoms in total. The van der Waals surface area contributed by atoms with Gasteiger partial charge in [-0.2, -0.15) is 9.38 Å². The third kappa shape index (κ3) is 3.47. The van der Waals surface area contributed by atoms with Crippen LogP contribution < -0.4 is 5.32 Å². The van der Waals surface area contributed by atoms with Gasteiger partial charge in [-0.3, -0.25) is 0 Å². The number of imidazole rings is 1. The van der Waals surface area contributed by atoms with E-state index in [1.54, 1.807) is 11.6 Å². The number of nitro groups is 1. The first-order valence-corrected chi connectivity index (χ1v) is 7.95. The highest BCUT2D eigenvalue weighted by atomic mass is 32.1. The van der Waals surface area contributed by atoms with Gasteiger partial charge in [-0.25, -0.2) is 0 Å². The Morgan fingerprint density at radius 1 is 1.35 bits per heavy atom. The Bertz CT molecular complexity index is 564. The first kappa shape index (κ1) is 14.8. The number of nitrogens with zero attached hydrogens (tertiary/aromatic N) is 3. The molecule has 1 N–H and O–H groups in total. The van der Waals surface area contributed by atoms with Gasteiger partial charge in [-0.05, 0) is 11.3 Å². The average Bonchev–Trinajstić information content (AvgIpc) is 2.97. The zero-order valence-corrected chi connectivity index (χ0v) is 12.5. The minimum atomic E-state index is -0.379. The quantitative estimate of drug-likeness (QED) is 0.430. The van der Waals surface area contributed by atoms with Crippen molar-refractivity contribution in [2.24, 2.45) is 0 Å². The summed E-state index contributed by atoms with van der Waals surface area (Å²) in [5, 5.41) is 16.0. The van der Waals surface area contributed by atoms with Gasteiger partial charge >= 0.3 is 5.82 Å². The molecule has 0 saturated carbocycles. The van der Waals surface area contributed by atoms with Gasteiger partial charge in [0.15, 0.2) is 0 Å². The molecule has 0 aliphatic heterocycles. The van der Waals surface area contributed by atoms with Gasteiger partial charge in [-0.15, -0.1) is 0 Å². The first-order valence-electron chi connectivity index (χ1n) is 7.08. The first-order chi connectivity index (χ1) is 9.74. The lowest BCUT2D eigenvalue weighted by atomic mass is 10.1. The van der Waals surface area contributed by atoms with Crippen LogP contribution in [0.5, 0.6) is 0 Å². The van der Waals surface area contributed by atoms with E-state index in [1.807, 2.05) is 0 Å². The van der Waals surface area contributed by atoms with E-state index in [2.05, 4.69) is 17.2 Å². The number of hydrogen-bond acceptors (Lipinski definition) is 5. The number of thiazole rings is 1. The SMILES string of the molecule is CCCCCCCCNc1nc2sccn2c1[N+](=O)[O-]. The minimum absolute atomic E-state index is 0.0345. The van der Waals surface area contributed by atoms with Crippen LogP contribution in [0.2, 0.25) is 0 Å². The minimum Gasteiger partial charge on any atom is -0.363 e. The van der Waals surface area contributed by atoms with Gasteiger partial charge in [0.1, 0.15) is 6.20 Å². The monoisotopic (exact) mass is 296 g/mol. The van der Waals surface area contributed by atoms with E-state index in [0.29, 0.717) is 10.8 Å². The Labute approximate surface area is 122 Å². The van der Waals surface area contributed by atoms with Crippen molar-refractivity contribution in [3.8, 4) is 0 Å². The Morgan fingerprint density at radius 3 is 2.85 bits per heavy atom. The molecule has 0 aliphatic rings. The molecule has 0 spiro atoms. The summed E-state index contributed by atoms with van der Waals surface area (Å²) in [4.78, 5) is 15.7. The number of aromatic nitrogens is 2. The van der Waals surface area contributed by atoms with E-state index >= 15 is 0 Å². The van der Waals surface area contributed by atoms with Gasteiger partial charge < -0.3 is 15.4 Å². The predicted molar refractivity (Wildman–Crippen MR) is 81.6 cm³/mol. The highest BCUT2D eigenvalue weighted by Gasteiger charge is 2.22. The van der Waals surface area contributed by atoms with E-state index in [9.17, 15) is 10.1 Å². The molecule has 2 heterocycles. The third-order valence-electron chi connectivity index (χ3n) is 3.23. The summed E-state index contributed by atoms with van der Waals surface area (Å²) >= 11 is 1.40. The normalized spacial score (nSPS) is 11.1. The molecule has 110 valence electrons. The maximum atomic E-state index is 11.1. The fraction of sp³-hybridized carbons (Fsp3) is 0.615. The molecule has 2 aromatic rings. The summed E-state index contributed by atoms with van der Waals surface area (Å²) in [6.07, 6.45) is 8.90. The van der Waals surface area contributed by atoms with Crippen LogP contribution in [0.3, 0.4) is 0 Å². The van der Waals surface area contributed by atoms with Crippen molar-refractivity contribution in [3.63, 3.8) is 0 Å². The standard InChI is InChI=1S/C13H20N4O2S/c1-2-3-4-5-6-7-8-14-11-12(17(18)19)16-9-10-20-13(16)15-11/h9-10,14H,2-8H2,1H3. The van der Waals surface area contributed by atoms with Crippen molar-refractivity contribution < 1.29 is 4.92 Å². The number of rotatable bonds is 9. The zero-order chi connectivity index (χ0) is 14.4. The van der Waals surface area contributed by atoms with Crippen LogP contribution in [0.15, 0.2) is 11.6 Å². The van der Waals surface area contributed by atoms with E-state index < -0.39 is 0 Å². The van der Waals surface area contributed by atoms with Crippen LogP contribution in [0.1, 0.15) is 45.4 Å². The molecule has 2 rings (SSSR count).